The number of hydrogen-bond acceptors (Lipinski definition) is 2. The van der Waals surface area contributed by atoms with Crippen LogP contribution in [0.2, 0.25) is 0 Å². The highest BCUT2D eigenvalue weighted by molar-refractivity contribution is 9.09. The quantitative estimate of drug-likeness (QED) is 0.159. The van der Waals surface area contributed by atoms with Gasteiger partial charge in [-0.2, -0.15) is 74.6 Å². The summed E-state index contributed by atoms with van der Waals surface area (Å²) in [4.78, 5) is 6.49. The lowest BCUT2D eigenvalue weighted by atomic mass is 9.88. The molecule has 0 amide bonds. The molecule has 1 atom stereocenters. The minimum Gasteiger partial charge on any atom is -0.452 e. The number of rotatable bonds is 9. The molecule has 0 radical (unpaired) electrons. The Kier molecular flexibility index (Phi) is 8.12. The van der Waals surface area contributed by atoms with Gasteiger partial charge in [0.25, 0.3) is 0 Å². The molecule has 1 unspecified atom stereocenters. The van der Waals surface area contributed by atoms with Gasteiger partial charge in [-0.3, -0.25) is 0 Å². The third-order valence-corrected chi connectivity index (χ3v) is 4.43. The number of carbonyl (C=O) groups is 1. The fourth-order valence-corrected chi connectivity index (χ4v) is 2.10. The second-order valence-corrected chi connectivity index (χ2v) is 7.00. The zero-order valence-electron chi connectivity index (χ0n) is 13.8. The Balaban J connectivity index is 6.62. The Morgan fingerprint density at radius 1 is 0.625 bits per heavy atom. The van der Waals surface area contributed by atoms with E-state index in [9.17, 15) is 79.4 Å². The van der Waals surface area contributed by atoms with E-state index in [0.717, 1.165) is 0 Å². The van der Waals surface area contributed by atoms with Gasteiger partial charge in [0.1, 0.15) is 11.4 Å². The second kappa shape index (κ2) is 8.37. The Labute approximate surface area is 177 Å². The summed E-state index contributed by atoms with van der Waals surface area (Å²) in [6, 6.07) is 0. The maximum Gasteiger partial charge on any atom is 0.460 e. The maximum atomic E-state index is 13.6. The van der Waals surface area contributed by atoms with Crippen molar-refractivity contribution in [2.75, 3.05) is 6.61 Å². The highest BCUT2D eigenvalue weighted by Gasteiger charge is 2.95. The molecular formula is C11H3BrClF17O2. The summed E-state index contributed by atoms with van der Waals surface area (Å²) in [7, 11) is 0. The minimum atomic E-state index is -8.70. The molecule has 0 aromatic heterocycles. The molecule has 32 heavy (non-hydrogen) atoms. The Bertz CT molecular complexity index is 703. The summed E-state index contributed by atoms with van der Waals surface area (Å²) < 4.78 is 225. The fourth-order valence-electron chi connectivity index (χ4n) is 1.62. The van der Waals surface area contributed by atoms with E-state index in [-0.39, 0.29) is 0 Å². The van der Waals surface area contributed by atoms with Crippen LogP contribution in [-0.2, 0) is 4.74 Å². The van der Waals surface area contributed by atoms with Gasteiger partial charge in [-0.05, 0) is 0 Å². The van der Waals surface area contributed by atoms with Crippen LogP contribution in [0, 0.1) is 0 Å². The molecule has 0 heterocycles. The molecule has 21 heteroatoms. The van der Waals surface area contributed by atoms with Crippen molar-refractivity contribution in [1.29, 1.82) is 0 Å². The standard InChI is InChI=1S/C11H3BrClF17O2/c12-2(1-32-3(13)31)4(14,15)5(16,17)6(18,19)7(20,21)8(22,23)9(24,25)10(26,27)11(28,29)30/h2H,1H2. The second-order valence-electron chi connectivity index (χ2n) is 5.58. The van der Waals surface area contributed by atoms with Crippen molar-refractivity contribution < 1.29 is 84.2 Å². The molecule has 0 saturated heterocycles. The number of alkyl halides is 18. The first-order valence-electron chi connectivity index (χ1n) is 6.76. The first-order valence-corrected chi connectivity index (χ1v) is 8.06. The zero-order valence-corrected chi connectivity index (χ0v) is 16.1. The van der Waals surface area contributed by atoms with Crippen molar-refractivity contribution in [3.63, 3.8) is 0 Å². The van der Waals surface area contributed by atoms with Crippen LogP contribution in [0.1, 0.15) is 0 Å². The van der Waals surface area contributed by atoms with Gasteiger partial charge in [-0.25, -0.2) is 4.79 Å². The van der Waals surface area contributed by atoms with Crippen LogP contribution < -0.4 is 0 Å². The van der Waals surface area contributed by atoms with Gasteiger partial charge in [-0.1, -0.05) is 15.9 Å². The minimum absolute atomic E-state index is 1.42. The number of carbonyl (C=O) groups excluding carboxylic acids is 1. The molecular weight excluding hydrogens is 602 g/mol. The topological polar surface area (TPSA) is 26.3 Å². The zero-order chi connectivity index (χ0) is 26.6. The summed E-state index contributed by atoms with van der Waals surface area (Å²) in [5.41, 5.74) is -2.08. The maximum absolute atomic E-state index is 13.6. The van der Waals surface area contributed by atoms with Gasteiger partial charge >= 0.3 is 53.1 Å². The lowest BCUT2D eigenvalue weighted by molar-refractivity contribution is -0.461. The van der Waals surface area contributed by atoms with Crippen LogP contribution in [0.3, 0.4) is 0 Å². The Hall–Kier alpha value is -0.950. The Morgan fingerprint density at radius 3 is 1.19 bits per heavy atom. The van der Waals surface area contributed by atoms with Crippen molar-refractivity contribution in [3.05, 3.63) is 0 Å². The summed E-state index contributed by atoms with van der Waals surface area (Å²) in [5.74, 6) is -57.2. The van der Waals surface area contributed by atoms with Crippen molar-refractivity contribution in [1.82, 2.24) is 0 Å². The van der Waals surface area contributed by atoms with Gasteiger partial charge in [-0.15, -0.1) is 0 Å². The molecule has 0 rings (SSSR count). The van der Waals surface area contributed by atoms with Crippen LogP contribution >= 0.6 is 27.5 Å². The van der Waals surface area contributed by atoms with E-state index < -0.39 is 64.5 Å². The van der Waals surface area contributed by atoms with Crippen molar-refractivity contribution >= 4 is 33.0 Å². The summed E-state index contributed by atoms with van der Waals surface area (Å²) in [5, 5.41) is 0. The third kappa shape index (κ3) is 4.28. The van der Waals surface area contributed by atoms with E-state index in [1.54, 1.807) is 0 Å². The summed E-state index contributed by atoms with van der Waals surface area (Å²) in [6.07, 6.45) is -7.82. The van der Waals surface area contributed by atoms with Crippen LogP contribution in [0.4, 0.5) is 79.4 Å². The van der Waals surface area contributed by atoms with Crippen LogP contribution in [-0.4, -0.2) is 64.5 Å². The van der Waals surface area contributed by atoms with Gasteiger partial charge in [0.05, 0.1) is 0 Å². The molecule has 0 spiro atoms. The molecule has 0 bridgehead atoms. The van der Waals surface area contributed by atoms with Gasteiger partial charge in [0, 0.05) is 11.6 Å². The van der Waals surface area contributed by atoms with Crippen LogP contribution in [0.15, 0.2) is 0 Å². The molecule has 0 aromatic carbocycles. The molecule has 2 nitrogen and oxygen atoms in total. The van der Waals surface area contributed by atoms with Crippen molar-refractivity contribution in [3.8, 4) is 0 Å². The smallest absolute Gasteiger partial charge is 0.452 e. The highest BCUT2D eigenvalue weighted by atomic mass is 79.9. The average Bonchev–Trinajstić information content (AvgIpc) is 2.57. The lowest BCUT2D eigenvalue weighted by Crippen LogP contribution is -2.75. The predicted molar refractivity (Wildman–Crippen MR) is 70.6 cm³/mol. The van der Waals surface area contributed by atoms with E-state index in [4.69, 9.17) is 0 Å². The molecule has 0 aliphatic rings. The van der Waals surface area contributed by atoms with Gasteiger partial charge < -0.3 is 4.74 Å². The largest absolute Gasteiger partial charge is 0.460 e. The van der Waals surface area contributed by atoms with Crippen LogP contribution in [0.25, 0.3) is 0 Å². The molecule has 0 aliphatic carbocycles. The normalized spacial score (nSPS) is 16.7. The van der Waals surface area contributed by atoms with E-state index in [1.165, 1.54) is 15.9 Å². The van der Waals surface area contributed by atoms with Crippen LogP contribution in [0.5, 0.6) is 0 Å². The van der Waals surface area contributed by atoms with E-state index in [2.05, 4.69) is 16.3 Å². The molecule has 0 N–H and O–H groups in total. The molecule has 0 fully saturated rings. The lowest BCUT2D eigenvalue weighted by Gasteiger charge is -2.43. The molecule has 0 saturated carbocycles. The number of hydrogen-bond donors (Lipinski definition) is 0. The first-order chi connectivity index (χ1) is 13.6. The fraction of sp³-hybridized carbons (Fsp3) is 0.909. The number of halogens is 19. The Morgan fingerprint density at radius 2 is 0.906 bits per heavy atom. The third-order valence-electron chi connectivity index (χ3n) is 3.48. The average molecular weight is 605 g/mol. The summed E-state index contributed by atoms with van der Waals surface area (Å²) >= 11 is 5.83. The SMILES string of the molecule is O=C(Cl)OCC(Br)C(F)(F)C(F)(F)C(F)(F)C(F)(F)C(F)(F)C(F)(F)C(F)(F)C(F)(F)F. The molecule has 0 aromatic rings. The van der Waals surface area contributed by atoms with Crippen molar-refractivity contribution in [2.45, 2.75) is 52.5 Å². The van der Waals surface area contributed by atoms with Crippen molar-refractivity contribution in [2.24, 2.45) is 0 Å². The summed E-state index contributed by atoms with van der Waals surface area (Å²) in [6.45, 7) is -2.16. The van der Waals surface area contributed by atoms with Gasteiger partial charge in [0.2, 0.25) is 0 Å². The first kappa shape index (κ1) is 31.0. The monoisotopic (exact) mass is 604 g/mol. The predicted octanol–water partition coefficient (Wildman–Crippen LogP) is 7.13. The van der Waals surface area contributed by atoms with E-state index in [1.807, 2.05) is 0 Å². The van der Waals surface area contributed by atoms with E-state index in [0.29, 0.717) is 0 Å². The van der Waals surface area contributed by atoms with E-state index >= 15 is 0 Å². The molecule has 192 valence electrons. The highest BCUT2D eigenvalue weighted by Crippen LogP contribution is 2.64. The van der Waals surface area contributed by atoms with Gasteiger partial charge in [0.15, 0.2) is 0 Å². The molecule has 0 aliphatic heterocycles. The number of ether oxygens (including phenoxy) is 1.